The van der Waals surface area contributed by atoms with Gasteiger partial charge in [0.05, 0.1) is 11.4 Å². The first-order valence-electron chi connectivity index (χ1n) is 9.57. The fraction of sp³-hybridized carbons (Fsp3) is 0.0769. The molecule has 0 bridgehead atoms. The van der Waals surface area contributed by atoms with Gasteiger partial charge in [-0.3, -0.25) is 0 Å². The van der Waals surface area contributed by atoms with E-state index in [4.69, 9.17) is 0 Å². The van der Waals surface area contributed by atoms with Crippen LogP contribution in [0.1, 0.15) is 18.1 Å². The molecule has 2 heteroatoms. The van der Waals surface area contributed by atoms with Crippen LogP contribution in [0.4, 0.5) is 11.4 Å². The summed E-state index contributed by atoms with van der Waals surface area (Å²) in [6.45, 7) is 5.99. The first-order chi connectivity index (χ1) is 13.8. The topological polar surface area (TPSA) is 24.1 Å². The van der Waals surface area contributed by atoms with Crippen molar-refractivity contribution in [1.29, 1.82) is 0 Å². The van der Waals surface area contributed by atoms with Gasteiger partial charge in [0.15, 0.2) is 0 Å². The molecule has 0 fully saturated rings. The molecule has 0 saturated heterocycles. The lowest BCUT2D eigenvalue weighted by molar-refractivity contribution is 1.35. The summed E-state index contributed by atoms with van der Waals surface area (Å²) in [5.74, 6) is 0. The first-order valence-corrected chi connectivity index (χ1v) is 9.57. The molecule has 1 aliphatic carbocycles. The zero-order valence-electron chi connectivity index (χ0n) is 16.1. The van der Waals surface area contributed by atoms with Crippen LogP contribution in [0, 0.1) is 0 Å². The van der Waals surface area contributed by atoms with Crippen molar-refractivity contribution in [3.05, 3.63) is 120 Å². The fourth-order valence-electron chi connectivity index (χ4n) is 3.25. The Morgan fingerprint density at radius 1 is 0.786 bits per heavy atom. The number of allylic oxidation sites excluding steroid dienone is 3. The van der Waals surface area contributed by atoms with Gasteiger partial charge in [0.2, 0.25) is 0 Å². The van der Waals surface area contributed by atoms with Crippen LogP contribution in [-0.2, 0) is 6.42 Å². The number of rotatable bonds is 7. The quantitative estimate of drug-likeness (QED) is 0.354. The molecule has 138 valence electrons. The summed E-state index contributed by atoms with van der Waals surface area (Å²) < 4.78 is 0. The number of para-hydroxylation sites is 1. The molecule has 0 unspecified atom stereocenters. The Kier molecular flexibility index (Phi) is 5.11. The van der Waals surface area contributed by atoms with Crippen LogP contribution < -0.4 is 10.6 Å². The summed E-state index contributed by atoms with van der Waals surface area (Å²) in [5, 5.41) is 6.94. The highest BCUT2D eigenvalue weighted by Crippen LogP contribution is 2.33. The maximum Gasteiger partial charge on any atom is 0.0620 e. The fourth-order valence-corrected chi connectivity index (χ4v) is 3.25. The Hall–Kier alpha value is -3.52. The van der Waals surface area contributed by atoms with Crippen LogP contribution in [0.5, 0.6) is 0 Å². The Balaban J connectivity index is 1.56. The molecule has 28 heavy (non-hydrogen) atoms. The molecule has 1 aliphatic rings. The zero-order valence-corrected chi connectivity index (χ0v) is 16.1. The monoisotopic (exact) mass is 364 g/mol. The summed E-state index contributed by atoms with van der Waals surface area (Å²) in [6.07, 6.45) is 7.05. The van der Waals surface area contributed by atoms with Crippen molar-refractivity contribution in [2.75, 3.05) is 10.6 Å². The highest BCUT2D eigenvalue weighted by molar-refractivity contribution is 5.70. The summed E-state index contributed by atoms with van der Waals surface area (Å²) in [6, 6.07) is 25.4. The highest BCUT2D eigenvalue weighted by atomic mass is 15.0. The summed E-state index contributed by atoms with van der Waals surface area (Å²) in [5.41, 5.74) is 9.44. The summed E-state index contributed by atoms with van der Waals surface area (Å²) >= 11 is 0. The van der Waals surface area contributed by atoms with E-state index < -0.39 is 0 Å². The van der Waals surface area contributed by atoms with E-state index in [2.05, 4.69) is 59.7 Å². The maximum absolute atomic E-state index is 3.97. The number of hydrogen-bond acceptors (Lipinski definition) is 2. The normalized spacial score (nSPS) is 12.9. The van der Waals surface area contributed by atoms with Gasteiger partial charge in [-0.25, -0.2) is 0 Å². The molecular weight excluding hydrogens is 340 g/mol. The first kappa shape index (κ1) is 17.9. The van der Waals surface area contributed by atoms with Gasteiger partial charge in [-0.05, 0) is 72.0 Å². The van der Waals surface area contributed by atoms with Gasteiger partial charge in [-0.15, -0.1) is 0 Å². The minimum Gasteiger partial charge on any atom is -0.354 e. The van der Waals surface area contributed by atoms with Crippen LogP contribution in [0.2, 0.25) is 0 Å². The molecule has 0 amide bonds. The van der Waals surface area contributed by atoms with E-state index in [0.29, 0.717) is 0 Å². The molecular formula is C26H24N2. The van der Waals surface area contributed by atoms with Crippen molar-refractivity contribution < 1.29 is 0 Å². The third kappa shape index (κ3) is 4.07. The molecule has 3 aromatic carbocycles. The molecule has 0 saturated carbocycles. The van der Waals surface area contributed by atoms with Crippen molar-refractivity contribution in [2.45, 2.75) is 13.3 Å². The molecule has 0 aromatic heterocycles. The molecule has 2 N–H and O–H groups in total. The standard InChI is InChI=1S/C26H24N2/c1-3-8-26(25(4-2)27-23-9-6-5-7-10-23)28-24-15-13-19(14-16-24)20-11-12-21-18-22(21)17-20/h3-17,27-28H,2,18H2,1H3/b8-3-,26-25-. The third-order valence-corrected chi connectivity index (χ3v) is 4.84. The minimum atomic E-state index is 0.930. The largest absolute Gasteiger partial charge is 0.354 e. The molecule has 3 aromatic rings. The van der Waals surface area contributed by atoms with Crippen LogP contribution in [0.3, 0.4) is 0 Å². The van der Waals surface area contributed by atoms with Gasteiger partial charge in [0.25, 0.3) is 0 Å². The molecule has 2 nitrogen and oxygen atoms in total. The second kappa shape index (κ2) is 8.01. The Morgan fingerprint density at radius 2 is 1.46 bits per heavy atom. The maximum atomic E-state index is 3.97. The molecule has 0 spiro atoms. The number of fused-ring (bicyclic) bond motifs is 1. The van der Waals surface area contributed by atoms with Crippen molar-refractivity contribution in [1.82, 2.24) is 0 Å². The van der Waals surface area contributed by atoms with E-state index in [1.54, 1.807) is 0 Å². The predicted molar refractivity (Wildman–Crippen MR) is 120 cm³/mol. The van der Waals surface area contributed by atoms with Crippen LogP contribution in [-0.4, -0.2) is 0 Å². The zero-order chi connectivity index (χ0) is 19.3. The van der Waals surface area contributed by atoms with Gasteiger partial charge in [-0.2, -0.15) is 0 Å². The SMILES string of the molecule is C=C/C(Nc1ccccc1)=C(\C=C/C)Nc1ccc(-c2ccc3c(c2)C3)cc1. The van der Waals surface area contributed by atoms with Crippen LogP contribution in [0.25, 0.3) is 11.1 Å². The van der Waals surface area contributed by atoms with Crippen molar-refractivity contribution in [3.8, 4) is 11.1 Å². The number of anilines is 2. The van der Waals surface area contributed by atoms with Crippen molar-refractivity contribution in [3.63, 3.8) is 0 Å². The lowest BCUT2D eigenvalue weighted by Crippen LogP contribution is -2.07. The predicted octanol–water partition coefficient (Wildman–Crippen LogP) is 6.76. The third-order valence-electron chi connectivity index (χ3n) is 4.84. The Bertz CT molecular complexity index is 1040. The number of hydrogen-bond donors (Lipinski definition) is 2. The van der Waals surface area contributed by atoms with E-state index in [1.165, 1.54) is 22.3 Å². The average molecular weight is 364 g/mol. The highest BCUT2D eigenvalue weighted by Gasteiger charge is 2.16. The van der Waals surface area contributed by atoms with Gasteiger partial charge in [-0.1, -0.05) is 61.2 Å². The molecule has 0 atom stereocenters. The lowest BCUT2D eigenvalue weighted by Gasteiger charge is -2.15. The summed E-state index contributed by atoms with van der Waals surface area (Å²) in [7, 11) is 0. The van der Waals surface area contributed by atoms with E-state index in [0.717, 1.165) is 29.2 Å². The van der Waals surface area contributed by atoms with Gasteiger partial charge < -0.3 is 10.6 Å². The number of nitrogens with one attached hydrogen (secondary N) is 2. The van der Waals surface area contributed by atoms with Crippen LogP contribution >= 0.6 is 0 Å². The van der Waals surface area contributed by atoms with Gasteiger partial charge >= 0.3 is 0 Å². The molecule has 0 aliphatic heterocycles. The smallest absolute Gasteiger partial charge is 0.0620 e. The molecule has 0 heterocycles. The van der Waals surface area contributed by atoms with Crippen molar-refractivity contribution in [2.24, 2.45) is 0 Å². The average Bonchev–Trinajstić information content (AvgIpc) is 3.52. The van der Waals surface area contributed by atoms with E-state index >= 15 is 0 Å². The number of benzene rings is 3. The van der Waals surface area contributed by atoms with E-state index in [-0.39, 0.29) is 0 Å². The van der Waals surface area contributed by atoms with Crippen molar-refractivity contribution >= 4 is 11.4 Å². The molecule has 4 rings (SSSR count). The van der Waals surface area contributed by atoms with Gasteiger partial charge in [0.1, 0.15) is 0 Å². The minimum absolute atomic E-state index is 0.930. The summed E-state index contributed by atoms with van der Waals surface area (Å²) in [4.78, 5) is 0. The van der Waals surface area contributed by atoms with E-state index in [1.807, 2.05) is 55.5 Å². The Morgan fingerprint density at radius 3 is 2.14 bits per heavy atom. The second-order valence-corrected chi connectivity index (χ2v) is 6.89. The Labute approximate surface area is 166 Å². The van der Waals surface area contributed by atoms with Crippen LogP contribution in [0.15, 0.2) is 109 Å². The van der Waals surface area contributed by atoms with E-state index in [9.17, 15) is 0 Å². The lowest BCUT2D eigenvalue weighted by atomic mass is 10.1. The second-order valence-electron chi connectivity index (χ2n) is 6.89. The van der Waals surface area contributed by atoms with Gasteiger partial charge in [0, 0.05) is 11.4 Å². The molecule has 0 radical (unpaired) electrons.